The van der Waals surface area contributed by atoms with Crippen molar-refractivity contribution in [2.45, 2.75) is 12.6 Å². The molecule has 9 heteroatoms. The topological polar surface area (TPSA) is 46.3 Å². The molecule has 1 aromatic carbocycles. The fraction of sp³-hybridized carbons (Fsp3) is 0.267. The standard InChI is InChI=1S/C15H13BrF3N5/c1-23(9-8-10-2-4-11(16)5-3-10)13-7-6-12-20-21-14(15(17,18)19)24(12)22-13/h2-7H,8-9H2,1H3. The molecule has 0 amide bonds. The molecule has 2 aromatic heterocycles. The molecule has 0 radical (unpaired) electrons. The Balaban J connectivity index is 1.79. The molecule has 126 valence electrons. The van der Waals surface area contributed by atoms with E-state index in [1.165, 1.54) is 6.07 Å². The summed E-state index contributed by atoms with van der Waals surface area (Å²) >= 11 is 3.38. The van der Waals surface area contributed by atoms with E-state index in [1.807, 2.05) is 24.3 Å². The largest absolute Gasteiger partial charge is 0.453 e. The second-order valence-corrected chi connectivity index (χ2v) is 6.20. The van der Waals surface area contributed by atoms with E-state index in [9.17, 15) is 13.2 Å². The number of aromatic nitrogens is 4. The van der Waals surface area contributed by atoms with Gasteiger partial charge in [0.15, 0.2) is 5.65 Å². The fourth-order valence-corrected chi connectivity index (χ4v) is 2.49. The van der Waals surface area contributed by atoms with Crippen molar-refractivity contribution in [1.82, 2.24) is 19.8 Å². The summed E-state index contributed by atoms with van der Waals surface area (Å²) in [6.07, 6.45) is -3.85. The molecule has 24 heavy (non-hydrogen) atoms. The van der Waals surface area contributed by atoms with Crippen LogP contribution in [0.4, 0.5) is 19.0 Å². The van der Waals surface area contributed by atoms with Crippen LogP contribution in [0, 0.1) is 0 Å². The highest BCUT2D eigenvalue weighted by Gasteiger charge is 2.37. The van der Waals surface area contributed by atoms with Crippen LogP contribution >= 0.6 is 15.9 Å². The average molecular weight is 400 g/mol. The number of rotatable bonds is 4. The van der Waals surface area contributed by atoms with Crippen molar-refractivity contribution in [2.75, 3.05) is 18.5 Å². The number of anilines is 1. The molecule has 5 nitrogen and oxygen atoms in total. The molecular weight excluding hydrogens is 387 g/mol. The predicted octanol–water partition coefficient (Wildman–Crippen LogP) is 3.58. The zero-order valence-corrected chi connectivity index (χ0v) is 14.2. The second kappa shape index (κ2) is 6.39. The molecule has 0 fully saturated rings. The summed E-state index contributed by atoms with van der Waals surface area (Å²) in [5.41, 5.74) is 1.19. The minimum Gasteiger partial charge on any atom is -0.358 e. The molecule has 0 aliphatic carbocycles. The van der Waals surface area contributed by atoms with Crippen molar-refractivity contribution >= 4 is 27.4 Å². The van der Waals surface area contributed by atoms with Crippen LogP contribution in [0.25, 0.3) is 5.65 Å². The zero-order chi connectivity index (χ0) is 17.3. The lowest BCUT2D eigenvalue weighted by atomic mass is 10.1. The van der Waals surface area contributed by atoms with Crippen LogP contribution in [0.3, 0.4) is 0 Å². The summed E-state index contributed by atoms with van der Waals surface area (Å²) in [4.78, 5) is 1.79. The summed E-state index contributed by atoms with van der Waals surface area (Å²) < 4.78 is 40.4. The van der Waals surface area contributed by atoms with Gasteiger partial charge in [-0.3, -0.25) is 0 Å². The van der Waals surface area contributed by atoms with Crippen LogP contribution in [-0.2, 0) is 12.6 Å². The highest BCUT2D eigenvalue weighted by Crippen LogP contribution is 2.27. The van der Waals surface area contributed by atoms with E-state index in [-0.39, 0.29) is 5.65 Å². The highest BCUT2D eigenvalue weighted by molar-refractivity contribution is 9.10. The Kier molecular flexibility index (Phi) is 4.44. The van der Waals surface area contributed by atoms with Crippen LogP contribution < -0.4 is 4.90 Å². The number of hydrogen-bond acceptors (Lipinski definition) is 4. The number of nitrogens with zero attached hydrogens (tertiary/aromatic N) is 5. The zero-order valence-electron chi connectivity index (χ0n) is 12.6. The lowest BCUT2D eigenvalue weighted by molar-refractivity contribution is -0.146. The first-order valence-electron chi connectivity index (χ1n) is 7.10. The van der Waals surface area contributed by atoms with E-state index in [4.69, 9.17) is 0 Å². The van der Waals surface area contributed by atoms with Gasteiger partial charge < -0.3 is 4.90 Å². The second-order valence-electron chi connectivity index (χ2n) is 5.28. The van der Waals surface area contributed by atoms with E-state index < -0.39 is 12.0 Å². The van der Waals surface area contributed by atoms with Gasteiger partial charge in [0.25, 0.3) is 5.82 Å². The monoisotopic (exact) mass is 399 g/mol. The Hall–Kier alpha value is -2.16. The summed E-state index contributed by atoms with van der Waals surface area (Å²) in [7, 11) is 1.78. The van der Waals surface area contributed by atoms with Crippen LogP contribution in [0.1, 0.15) is 11.4 Å². The lowest BCUT2D eigenvalue weighted by Gasteiger charge is -2.18. The van der Waals surface area contributed by atoms with Crippen molar-refractivity contribution in [3.05, 3.63) is 52.3 Å². The summed E-state index contributed by atoms with van der Waals surface area (Å²) in [5, 5.41) is 10.7. The Labute approximate surface area is 144 Å². The minimum absolute atomic E-state index is 0.0624. The highest BCUT2D eigenvalue weighted by atomic mass is 79.9. The van der Waals surface area contributed by atoms with Gasteiger partial charge in [-0.25, -0.2) is 0 Å². The first kappa shape index (κ1) is 16.7. The van der Waals surface area contributed by atoms with Crippen molar-refractivity contribution in [3.63, 3.8) is 0 Å². The number of alkyl halides is 3. The van der Waals surface area contributed by atoms with E-state index in [0.717, 1.165) is 21.0 Å². The number of benzene rings is 1. The molecule has 0 saturated carbocycles. The molecule has 3 rings (SSSR count). The minimum atomic E-state index is -4.60. The Morgan fingerprint density at radius 3 is 2.46 bits per heavy atom. The molecule has 0 aliphatic rings. The van der Waals surface area contributed by atoms with Gasteiger partial charge in [0, 0.05) is 18.1 Å². The van der Waals surface area contributed by atoms with Crippen molar-refractivity contribution in [2.24, 2.45) is 0 Å². The third kappa shape index (κ3) is 3.50. The van der Waals surface area contributed by atoms with Crippen LogP contribution in [-0.4, -0.2) is 33.4 Å². The molecular formula is C15H13BrF3N5. The molecule has 0 bridgehead atoms. The van der Waals surface area contributed by atoms with E-state index in [1.54, 1.807) is 18.0 Å². The molecule has 0 aliphatic heterocycles. The van der Waals surface area contributed by atoms with Gasteiger partial charge in [-0.05, 0) is 36.2 Å². The smallest absolute Gasteiger partial charge is 0.358 e. The maximum Gasteiger partial charge on any atom is 0.453 e. The molecule has 0 N–H and O–H groups in total. The fourth-order valence-electron chi connectivity index (χ4n) is 2.22. The first-order valence-corrected chi connectivity index (χ1v) is 7.89. The number of likely N-dealkylation sites (N-methyl/N-ethyl adjacent to an activating group) is 1. The van der Waals surface area contributed by atoms with Gasteiger partial charge in [0.1, 0.15) is 5.82 Å². The maximum atomic E-state index is 12.9. The van der Waals surface area contributed by atoms with Gasteiger partial charge in [-0.15, -0.1) is 15.3 Å². The summed E-state index contributed by atoms with van der Waals surface area (Å²) in [6.45, 7) is 0.615. The van der Waals surface area contributed by atoms with Crippen molar-refractivity contribution in [1.29, 1.82) is 0 Å². The van der Waals surface area contributed by atoms with Crippen molar-refractivity contribution < 1.29 is 13.2 Å². The Morgan fingerprint density at radius 2 is 1.79 bits per heavy atom. The third-order valence-corrected chi connectivity index (χ3v) is 4.07. The average Bonchev–Trinajstić information content (AvgIpc) is 2.97. The van der Waals surface area contributed by atoms with Crippen LogP contribution in [0.5, 0.6) is 0 Å². The SMILES string of the molecule is CN(CCc1ccc(Br)cc1)c1ccc2nnc(C(F)(F)F)n2n1. The van der Waals surface area contributed by atoms with Crippen LogP contribution in [0.2, 0.25) is 0 Å². The van der Waals surface area contributed by atoms with Gasteiger partial charge >= 0.3 is 6.18 Å². The predicted molar refractivity (Wildman–Crippen MR) is 86.9 cm³/mol. The Morgan fingerprint density at radius 1 is 1.08 bits per heavy atom. The normalized spacial score (nSPS) is 11.9. The maximum absolute atomic E-state index is 12.9. The molecule has 2 heterocycles. The van der Waals surface area contributed by atoms with E-state index in [2.05, 4.69) is 31.2 Å². The summed E-state index contributed by atoms with van der Waals surface area (Å²) in [5.74, 6) is -0.703. The van der Waals surface area contributed by atoms with Gasteiger partial charge in [0.2, 0.25) is 0 Å². The van der Waals surface area contributed by atoms with Crippen LogP contribution in [0.15, 0.2) is 40.9 Å². The molecule has 0 unspecified atom stereocenters. The number of hydrogen-bond donors (Lipinski definition) is 0. The Bertz CT molecular complexity index is 844. The molecule has 3 aromatic rings. The molecule has 0 spiro atoms. The van der Waals surface area contributed by atoms with Gasteiger partial charge in [-0.1, -0.05) is 28.1 Å². The first-order chi connectivity index (χ1) is 11.3. The summed E-state index contributed by atoms with van der Waals surface area (Å²) in [6, 6.07) is 11.0. The quantitative estimate of drug-likeness (QED) is 0.672. The number of fused-ring (bicyclic) bond motifs is 1. The third-order valence-electron chi connectivity index (χ3n) is 3.54. The van der Waals surface area contributed by atoms with Crippen molar-refractivity contribution in [3.8, 4) is 0 Å². The van der Waals surface area contributed by atoms with E-state index >= 15 is 0 Å². The lowest BCUT2D eigenvalue weighted by Crippen LogP contribution is -2.23. The molecule has 0 saturated heterocycles. The number of halogens is 4. The molecule has 0 atom stereocenters. The van der Waals surface area contributed by atoms with Gasteiger partial charge in [0.05, 0.1) is 0 Å². The van der Waals surface area contributed by atoms with Gasteiger partial charge in [-0.2, -0.15) is 17.7 Å². The van der Waals surface area contributed by atoms with E-state index in [0.29, 0.717) is 12.4 Å².